The highest BCUT2D eigenvalue weighted by Crippen LogP contribution is 2.30. The topological polar surface area (TPSA) is 47.1 Å². The molecule has 2 aromatic carbocycles. The summed E-state index contributed by atoms with van der Waals surface area (Å²) in [7, 11) is 3.72. The Kier molecular flexibility index (Phi) is 5.97. The molecule has 0 spiro atoms. The number of carbonyl (C=O) groups is 2. The van der Waals surface area contributed by atoms with Crippen molar-refractivity contribution in [2.75, 3.05) is 40.3 Å². The summed E-state index contributed by atoms with van der Waals surface area (Å²) in [6.45, 7) is 2.20. The molecule has 0 radical (unpaired) electrons. The van der Waals surface area contributed by atoms with Crippen LogP contribution in [0.15, 0.2) is 72.8 Å². The number of nitrogens with zero attached hydrogens (tertiary/aromatic N) is 4. The van der Waals surface area contributed by atoms with E-state index in [1.807, 2.05) is 60.3 Å². The van der Waals surface area contributed by atoms with Crippen molar-refractivity contribution < 1.29 is 9.59 Å². The predicted molar refractivity (Wildman–Crippen MR) is 116 cm³/mol. The Bertz CT molecular complexity index is 840. The summed E-state index contributed by atoms with van der Waals surface area (Å²) in [4.78, 5) is 32.5. The maximum Gasteiger partial charge on any atom is 0.238 e. The van der Waals surface area contributed by atoms with E-state index in [9.17, 15) is 9.59 Å². The normalized spacial score (nSPS) is 23.3. The van der Waals surface area contributed by atoms with Crippen LogP contribution in [0.3, 0.4) is 0 Å². The first-order chi connectivity index (χ1) is 14.6. The highest BCUT2D eigenvalue weighted by molar-refractivity contribution is 5.81. The van der Waals surface area contributed by atoms with Crippen LogP contribution < -0.4 is 0 Å². The Morgan fingerprint density at radius 1 is 0.700 bits per heavy atom. The zero-order valence-corrected chi connectivity index (χ0v) is 17.5. The molecule has 0 bridgehead atoms. The second-order valence-electron chi connectivity index (χ2n) is 7.91. The molecule has 0 N–H and O–H groups in total. The Balaban J connectivity index is 1.42. The zero-order valence-electron chi connectivity index (χ0n) is 17.5. The van der Waals surface area contributed by atoms with Crippen molar-refractivity contribution in [3.05, 3.63) is 83.9 Å². The van der Waals surface area contributed by atoms with Crippen LogP contribution in [0.5, 0.6) is 0 Å². The predicted octanol–water partition coefficient (Wildman–Crippen LogP) is 2.49. The third-order valence-electron chi connectivity index (χ3n) is 5.93. The van der Waals surface area contributed by atoms with Gasteiger partial charge in [-0.3, -0.25) is 19.4 Å². The molecule has 0 aromatic heterocycles. The molecular formula is C24H28N4O2. The van der Waals surface area contributed by atoms with Gasteiger partial charge in [-0.2, -0.15) is 0 Å². The van der Waals surface area contributed by atoms with E-state index in [0.29, 0.717) is 26.2 Å². The molecule has 0 saturated carbocycles. The SMILES string of the molecule is CN1C(=O)CN(C/C=C/CN2CC(=O)N(C)C2c2ccccc2)C1c1ccccc1. The van der Waals surface area contributed by atoms with E-state index in [2.05, 4.69) is 46.2 Å². The summed E-state index contributed by atoms with van der Waals surface area (Å²) in [5.74, 6) is 0.265. The first kappa shape index (κ1) is 20.3. The lowest BCUT2D eigenvalue weighted by atomic mass is 10.1. The number of rotatable bonds is 6. The molecule has 6 heteroatoms. The summed E-state index contributed by atoms with van der Waals surface area (Å²) in [6.07, 6.45) is 4.13. The average molecular weight is 405 g/mol. The summed E-state index contributed by atoms with van der Waals surface area (Å²) in [6, 6.07) is 20.2. The van der Waals surface area contributed by atoms with Crippen LogP contribution in [0.25, 0.3) is 0 Å². The minimum absolute atomic E-state index is 0.0417. The van der Waals surface area contributed by atoms with Gasteiger partial charge in [0.1, 0.15) is 12.3 Å². The van der Waals surface area contributed by atoms with Gasteiger partial charge in [0, 0.05) is 27.2 Å². The number of benzene rings is 2. The van der Waals surface area contributed by atoms with Gasteiger partial charge < -0.3 is 9.80 Å². The smallest absolute Gasteiger partial charge is 0.238 e. The largest absolute Gasteiger partial charge is 0.325 e. The molecule has 2 aromatic rings. The van der Waals surface area contributed by atoms with Crippen molar-refractivity contribution in [1.82, 2.24) is 19.6 Å². The van der Waals surface area contributed by atoms with Crippen molar-refractivity contribution in [1.29, 1.82) is 0 Å². The maximum absolute atomic E-state index is 12.3. The van der Waals surface area contributed by atoms with Gasteiger partial charge in [0.2, 0.25) is 11.8 Å². The number of hydrogen-bond donors (Lipinski definition) is 0. The molecule has 0 aliphatic carbocycles. The Hall–Kier alpha value is -2.96. The van der Waals surface area contributed by atoms with Gasteiger partial charge in [0.15, 0.2) is 0 Å². The van der Waals surface area contributed by atoms with Gasteiger partial charge in [0.05, 0.1) is 13.1 Å². The monoisotopic (exact) mass is 404 g/mol. The number of likely N-dealkylation sites (N-methyl/N-ethyl adjacent to an activating group) is 2. The highest BCUT2D eigenvalue weighted by Gasteiger charge is 2.36. The van der Waals surface area contributed by atoms with Crippen molar-refractivity contribution in [2.45, 2.75) is 12.3 Å². The Morgan fingerprint density at radius 3 is 1.43 bits per heavy atom. The van der Waals surface area contributed by atoms with Crippen LogP contribution in [0.4, 0.5) is 0 Å². The van der Waals surface area contributed by atoms with Crippen LogP contribution in [0, 0.1) is 0 Å². The first-order valence-electron chi connectivity index (χ1n) is 10.3. The summed E-state index contributed by atoms with van der Waals surface area (Å²) in [5, 5.41) is 0. The van der Waals surface area contributed by atoms with Gasteiger partial charge >= 0.3 is 0 Å². The van der Waals surface area contributed by atoms with Crippen molar-refractivity contribution in [3.63, 3.8) is 0 Å². The lowest BCUT2D eigenvalue weighted by Gasteiger charge is -2.28. The fourth-order valence-corrected chi connectivity index (χ4v) is 4.37. The van der Waals surface area contributed by atoms with E-state index in [-0.39, 0.29) is 24.1 Å². The molecule has 2 aliphatic rings. The van der Waals surface area contributed by atoms with Gasteiger partial charge in [-0.15, -0.1) is 0 Å². The fourth-order valence-electron chi connectivity index (χ4n) is 4.37. The van der Waals surface area contributed by atoms with E-state index in [0.717, 1.165) is 11.1 Å². The van der Waals surface area contributed by atoms with Crippen LogP contribution in [-0.4, -0.2) is 71.7 Å². The third kappa shape index (κ3) is 4.01. The number of carbonyl (C=O) groups excluding carboxylic acids is 2. The minimum Gasteiger partial charge on any atom is -0.325 e. The van der Waals surface area contributed by atoms with Crippen molar-refractivity contribution in [3.8, 4) is 0 Å². The van der Waals surface area contributed by atoms with Crippen LogP contribution >= 0.6 is 0 Å². The molecule has 4 rings (SSSR count). The van der Waals surface area contributed by atoms with E-state index in [4.69, 9.17) is 0 Å². The van der Waals surface area contributed by atoms with Crippen LogP contribution in [-0.2, 0) is 9.59 Å². The van der Waals surface area contributed by atoms with Crippen molar-refractivity contribution >= 4 is 11.8 Å². The number of amides is 2. The lowest BCUT2D eigenvalue weighted by molar-refractivity contribution is -0.127. The Labute approximate surface area is 178 Å². The molecule has 2 aliphatic heterocycles. The minimum atomic E-state index is -0.0417. The van der Waals surface area contributed by atoms with Crippen LogP contribution in [0.1, 0.15) is 23.5 Å². The summed E-state index contributed by atoms with van der Waals surface area (Å²) >= 11 is 0. The van der Waals surface area contributed by atoms with E-state index in [1.165, 1.54) is 0 Å². The molecule has 2 saturated heterocycles. The summed E-state index contributed by atoms with van der Waals surface area (Å²) < 4.78 is 0. The number of hydrogen-bond acceptors (Lipinski definition) is 4. The molecular weight excluding hydrogens is 376 g/mol. The molecule has 6 nitrogen and oxygen atoms in total. The zero-order chi connectivity index (χ0) is 21.1. The molecule has 2 heterocycles. The highest BCUT2D eigenvalue weighted by atomic mass is 16.2. The van der Waals surface area contributed by atoms with E-state index < -0.39 is 0 Å². The van der Waals surface area contributed by atoms with Crippen LogP contribution in [0.2, 0.25) is 0 Å². The van der Waals surface area contributed by atoms with E-state index >= 15 is 0 Å². The second kappa shape index (κ2) is 8.81. The molecule has 156 valence electrons. The summed E-state index contributed by atoms with van der Waals surface area (Å²) in [5.41, 5.74) is 2.24. The Morgan fingerprint density at radius 2 is 1.07 bits per heavy atom. The average Bonchev–Trinajstić information content (AvgIpc) is 3.21. The quantitative estimate of drug-likeness (QED) is 0.694. The van der Waals surface area contributed by atoms with Gasteiger partial charge in [-0.25, -0.2) is 0 Å². The van der Waals surface area contributed by atoms with Gasteiger partial charge in [-0.05, 0) is 11.1 Å². The molecule has 30 heavy (non-hydrogen) atoms. The molecule has 2 atom stereocenters. The molecule has 2 unspecified atom stereocenters. The fraction of sp³-hybridized carbons (Fsp3) is 0.333. The maximum atomic E-state index is 12.3. The molecule has 2 amide bonds. The van der Waals surface area contributed by atoms with Gasteiger partial charge in [-0.1, -0.05) is 72.8 Å². The lowest BCUT2D eigenvalue weighted by Crippen LogP contribution is -2.30. The van der Waals surface area contributed by atoms with E-state index in [1.54, 1.807) is 0 Å². The van der Waals surface area contributed by atoms with Gasteiger partial charge in [0.25, 0.3) is 0 Å². The second-order valence-corrected chi connectivity index (χ2v) is 7.91. The standard InChI is InChI=1S/C24H28N4O2/c1-25-21(29)17-27(23(25)19-11-5-3-6-12-19)15-9-10-16-28-18-22(30)26(2)24(28)20-13-7-4-8-14-20/h3-14,23-24H,15-18H2,1-2H3/b10-9+. The first-order valence-corrected chi connectivity index (χ1v) is 10.3. The molecule has 2 fully saturated rings. The van der Waals surface area contributed by atoms with Crippen molar-refractivity contribution in [2.24, 2.45) is 0 Å². The third-order valence-corrected chi connectivity index (χ3v) is 5.93.